The van der Waals surface area contributed by atoms with Crippen LogP contribution in [0.15, 0.2) is 35.1 Å². The van der Waals surface area contributed by atoms with Crippen molar-refractivity contribution in [2.75, 3.05) is 0 Å². The van der Waals surface area contributed by atoms with Crippen LogP contribution in [0.2, 0.25) is 0 Å². The van der Waals surface area contributed by atoms with Crippen LogP contribution in [0.1, 0.15) is 24.2 Å². The van der Waals surface area contributed by atoms with Crippen LogP contribution in [0.3, 0.4) is 0 Å². The molecule has 0 aliphatic heterocycles. The molecule has 104 valence electrons. The molecule has 1 heterocycles. The minimum absolute atomic E-state index is 0.0903. The highest BCUT2D eigenvalue weighted by atomic mass is 35.5. The smallest absolute Gasteiger partial charge is 0.276 e. The van der Waals surface area contributed by atoms with Crippen LogP contribution in [-0.2, 0) is 0 Å². The van der Waals surface area contributed by atoms with Gasteiger partial charge in [-0.15, -0.1) is 0 Å². The second kappa shape index (κ2) is 5.88. The van der Waals surface area contributed by atoms with Gasteiger partial charge in [0.15, 0.2) is 0 Å². The molecule has 1 aromatic heterocycles. The molecule has 0 saturated heterocycles. The third-order valence-electron chi connectivity index (χ3n) is 2.54. The van der Waals surface area contributed by atoms with E-state index in [2.05, 4.69) is 10.2 Å². The molecule has 0 amide bonds. The standard InChI is InChI=1S/C14H13ClN2O3/c1-8(2)20-10-5-3-9(4-6-10)12-7-11(13(15)18)14(19)17-16-12/h3-8H,1-2H3,(H,17,19). The lowest BCUT2D eigenvalue weighted by Crippen LogP contribution is -2.16. The SMILES string of the molecule is CC(C)Oc1ccc(-c2cc(C(=O)Cl)c(=O)[nH]n2)cc1. The van der Waals surface area contributed by atoms with E-state index in [0.717, 1.165) is 11.3 Å². The molecule has 0 unspecified atom stereocenters. The first-order valence-corrected chi connectivity index (χ1v) is 6.42. The van der Waals surface area contributed by atoms with Crippen molar-refractivity contribution in [3.63, 3.8) is 0 Å². The number of hydrogen-bond acceptors (Lipinski definition) is 4. The molecule has 2 aromatic rings. The molecule has 0 saturated carbocycles. The summed E-state index contributed by atoms with van der Waals surface area (Å²) >= 11 is 5.34. The highest BCUT2D eigenvalue weighted by Crippen LogP contribution is 2.21. The molecule has 0 spiro atoms. The minimum Gasteiger partial charge on any atom is -0.491 e. The fourth-order valence-corrected chi connectivity index (χ4v) is 1.82. The van der Waals surface area contributed by atoms with Crippen molar-refractivity contribution < 1.29 is 9.53 Å². The van der Waals surface area contributed by atoms with Crippen LogP contribution in [-0.4, -0.2) is 21.5 Å². The minimum atomic E-state index is -0.810. The van der Waals surface area contributed by atoms with Crippen molar-refractivity contribution in [3.05, 3.63) is 46.2 Å². The van der Waals surface area contributed by atoms with E-state index in [4.69, 9.17) is 16.3 Å². The Balaban J connectivity index is 2.34. The predicted molar refractivity (Wildman–Crippen MR) is 76.2 cm³/mol. The number of benzene rings is 1. The highest BCUT2D eigenvalue weighted by molar-refractivity contribution is 6.67. The molecule has 0 atom stereocenters. The Kier molecular flexibility index (Phi) is 4.20. The molecule has 1 aromatic carbocycles. The van der Waals surface area contributed by atoms with Crippen molar-refractivity contribution in [3.8, 4) is 17.0 Å². The lowest BCUT2D eigenvalue weighted by Gasteiger charge is -2.09. The van der Waals surface area contributed by atoms with Gasteiger partial charge in [0.25, 0.3) is 10.8 Å². The Morgan fingerprint density at radius 3 is 2.50 bits per heavy atom. The number of aromatic amines is 1. The Bertz CT molecular complexity index is 678. The third kappa shape index (κ3) is 3.24. The molecular weight excluding hydrogens is 280 g/mol. The Labute approximate surface area is 120 Å². The summed E-state index contributed by atoms with van der Waals surface area (Å²) in [4.78, 5) is 22.5. The van der Waals surface area contributed by atoms with Gasteiger partial charge in [-0.3, -0.25) is 9.59 Å². The molecule has 0 fully saturated rings. The maximum atomic E-state index is 11.4. The Morgan fingerprint density at radius 2 is 1.95 bits per heavy atom. The van der Waals surface area contributed by atoms with Crippen LogP contribution < -0.4 is 10.3 Å². The van der Waals surface area contributed by atoms with Crippen LogP contribution in [0.4, 0.5) is 0 Å². The quantitative estimate of drug-likeness (QED) is 0.879. The molecule has 6 heteroatoms. The maximum Gasteiger partial charge on any atom is 0.276 e. The van der Waals surface area contributed by atoms with Gasteiger partial charge < -0.3 is 4.74 Å². The second-order valence-corrected chi connectivity index (χ2v) is 4.80. The van der Waals surface area contributed by atoms with Crippen LogP contribution >= 0.6 is 11.6 Å². The first-order valence-electron chi connectivity index (χ1n) is 6.04. The van der Waals surface area contributed by atoms with E-state index in [-0.39, 0.29) is 11.7 Å². The number of nitrogens with zero attached hydrogens (tertiary/aromatic N) is 1. The fraction of sp³-hybridized carbons (Fsp3) is 0.214. The fourth-order valence-electron chi connectivity index (χ4n) is 1.68. The van der Waals surface area contributed by atoms with Gasteiger partial charge >= 0.3 is 0 Å². The van der Waals surface area contributed by atoms with Gasteiger partial charge in [0.05, 0.1) is 11.8 Å². The van der Waals surface area contributed by atoms with E-state index in [0.29, 0.717) is 5.69 Å². The van der Waals surface area contributed by atoms with Crippen molar-refractivity contribution >= 4 is 16.8 Å². The normalized spacial score (nSPS) is 10.6. The lowest BCUT2D eigenvalue weighted by atomic mass is 10.1. The summed E-state index contributed by atoms with van der Waals surface area (Å²) < 4.78 is 5.53. The average Bonchev–Trinajstić information content (AvgIpc) is 2.39. The number of aromatic nitrogens is 2. The topological polar surface area (TPSA) is 72.1 Å². The van der Waals surface area contributed by atoms with Crippen LogP contribution in [0.5, 0.6) is 5.75 Å². The number of hydrogen-bond donors (Lipinski definition) is 1. The van der Waals surface area contributed by atoms with E-state index in [1.165, 1.54) is 6.07 Å². The molecule has 0 bridgehead atoms. The number of nitrogens with one attached hydrogen (secondary N) is 1. The monoisotopic (exact) mass is 292 g/mol. The zero-order valence-corrected chi connectivity index (χ0v) is 11.8. The summed E-state index contributed by atoms with van der Waals surface area (Å²) in [5, 5.41) is 5.34. The van der Waals surface area contributed by atoms with Gasteiger partial charge in [-0.2, -0.15) is 5.10 Å². The Morgan fingerprint density at radius 1 is 1.30 bits per heavy atom. The molecule has 0 radical (unpaired) electrons. The first kappa shape index (κ1) is 14.3. The van der Waals surface area contributed by atoms with Gasteiger partial charge in [0, 0.05) is 5.56 Å². The number of rotatable bonds is 4. The number of carbonyl (C=O) groups is 1. The molecule has 0 aliphatic rings. The van der Waals surface area contributed by atoms with Crippen molar-refractivity contribution in [2.24, 2.45) is 0 Å². The molecule has 5 nitrogen and oxygen atoms in total. The summed E-state index contributed by atoms with van der Waals surface area (Å²) in [6.07, 6.45) is 0.0903. The van der Waals surface area contributed by atoms with Gasteiger partial charge in [-0.05, 0) is 55.8 Å². The highest BCUT2D eigenvalue weighted by Gasteiger charge is 2.10. The molecule has 1 N–H and O–H groups in total. The molecule has 0 aliphatic carbocycles. The lowest BCUT2D eigenvalue weighted by molar-refractivity contribution is 0.108. The van der Waals surface area contributed by atoms with Gasteiger partial charge in [0.2, 0.25) is 0 Å². The molecule has 2 rings (SSSR count). The van der Waals surface area contributed by atoms with Crippen molar-refractivity contribution in [1.29, 1.82) is 0 Å². The van der Waals surface area contributed by atoms with Crippen molar-refractivity contribution in [2.45, 2.75) is 20.0 Å². The van der Waals surface area contributed by atoms with E-state index in [1.54, 1.807) is 24.3 Å². The summed E-state index contributed by atoms with van der Waals surface area (Å²) in [5.74, 6) is 0.738. The first-order chi connectivity index (χ1) is 9.47. The van der Waals surface area contributed by atoms with E-state index >= 15 is 0 Å². The third-order valence-corrected chi connectivity index (χ3v) is 2.74. The zero-order valence-electron chi connectivity index (χ0n) is 11.0. The zero-order chi connectivity index (χ0) is 14.7. The van der Waals surface area contributed by atoms with Crippen LogP contribution in [0, 0.1) is 0 Å². The summed E-state index contributed by atoms with van der Waals surface area (Å²) in [6.45, 7) is 3.88. The van der Waals surface area contributed by atoms with Crippen LogP contribution in [0.25, 0.3) is 11.3 Å². The van der Waals surface area contributed by atoms with Crippen molar-refractivity contribution in [1.82, 2.24) is 10.2 Å². The van der Waals surface area contributed by atoms with E-state index in [9.17, 15) is 9.59 Å². The van der Waals surface area contributed by atoms with Gasteiger partial charge in [0.1, 0.15) is 11.3 Å². The number of carbonyl (C=O) groups excluding carboxylic acids is 1. The maximum absolute atomic E-state index is 11.4. The number of H-pyrrole nitrogens is 1. The largest absolute Gasteiger partial charge is 0.491 e. The molecule has 20 heavy (non-hydrogen) atoms. The van der Waals surface area contributed by atoms with E-state index < -0.39 is 10.8 Å². The Hall–Kier alpha value is -2.14. The van der Waals surface area contributed by atoms with Gasteiger partial charge in [-0.1, -0.05) is 0 Å². The molecular formula is C14H13ClN2O3. The summed E-state index contributed by atoms with van der Waals surface area (Å²) in [6, 6.07) is 8.54. The van der Waals surface area contributed by atoms with E-state index in [1.807, 2.05) is 13.8 Å². The summed E-state index contributed by atoms with van der Waals surface area (Å²) in [5.41, 5.74) is 0.480. The van der Waals surface area contributed by atoms with Gasteiger partial charge in [-0.25, -0.2) is 5.10 Å². The second-order valence-electron chi connectivity index (χ2n) is 4.46. The summed E-state index contributed by atoms with van der Waals surface area (Å²) in [7, 11) is 0. The average molecular weight is 293 g/mol. The predicted octanol–water partition coefficient (Wildman–Crippen LogP) is 2.60. The number of halogens is 1. The number of ether oxygens (including phenoxy) is 1.